The minimum absolute atomic E-state index is 0.00437. The second-order valence-corrected chi connectivity index (χ2v) is 16.8. The number of aromatic amines is 1. The number of amides is 1. The number of nitro benzene ring substituents is 1. The fourth-order valence-electron chi connectivity index (χ4n) is 7.23. The monoisotopic (exact) mass is 768 g/mol. The van der Waals surface area contributed by atoms with Crippen LogP contribution in [0.25, 0.3) is 16.6 Å². The van der Waals surface area contributed by atoms with Crippen molar-refractivity contribution in [3.05, 3.63) is 123 Å². The first kappa shape index (κ1) is 37.1. The number of aryl methyl sites for hydroxylation is 1. The Balaban J connectivity index is 1.13. The number of non-ortho nitro benzene ring substituents is 1. The molecule has 1 fully saturated rings. The molecule has 2 aromatic heterocycles. The molecule has 1 amide bonds. The van der Waals surface area contributed by atoms with Crippen LogP contribution in [-0.2, 0) is 10.0 Å². The van der Waals surface area contributed by atoms with E-state index in [-0.39, 0.29) is 27.3 Å². The Bertz CT molecular complexity index is 2380. The molecular formula is C40H41ClN6O6S. The number of pyridine rings is 1. The van der Waals surface area contributed by atoms with Crippen LogP contribution in [0.2, 0.25) is 5.02 Å². The summed E-state index contributed by atoms with van der Waals surface area (Å²) in [6, 6.07) is 20.2. The Morgan fingerprint density at radius 2 is 1.80 bits per heavy atom. The van der Waals surface area contributed by atoms with Crippen molar-refractivity contribution in [2.24, 2.45) is 5.41 Å². The second kappa shape index (κ2) is 14.9. The number of aromatic nitrogens is 2. The highest BCUT2D eigenvalue weighted by molar-refractivity contribution is 7.90. The van der Waals surface area contributed by atoms with E-state index >= 15 is 0 Å². The predicted octanol–water partition coefficient (Wildman–Crippen LogP) is 8.13. The Morgan fingerprint density at radius 1 is 1.04 bits per heavy atom. The van der Waals surface area contributed by atoms with Gasteiger partial charge in [-0.25, -0.2) is 18.1 Å². The molecular weight excluding hydrogens is 728 g/mol. The zero-order valence-electron chi connectivity index (χ0n) is 30.3. The lowest BCUT2D eigenvalue weighted by atomic mass is 9.72. The van der Waals surface area contributed by atoms with Gasteiger partial charge in [0.1, 0.15) is 22.0 Å². The van der Waals surface area contributed by atoms with Gasteiger partial charge in [-0.15, -0.1) is 0 Å². The van der Waals surface area contributed by atoms with Crippen LogP contribution in [0.5, 0.6) is 11.5 Å². The minimum Gasteiger partial charge on any atom is -0.454 e. The molecule has 1 aliphatic carbocycles. The van der Waals surface area contributed by atoms with Crippen LogP contribution in [0.15, 0.2) is 95.7 Å². The number of benzene rings is 3. The summed E-state index contributed by atoms with van der Waals surface area (Å²) in [5.41, 5.74) is 5.70. The van der Waals surface area contributed by atoms with E-state index in [9.17, 15) is 23.3 Å². The molecule has 3 aromatic carbocycles. The summed E-state index contributed by atoms with van der Waals surface area (Å²) in [5.74, 6) is -0.689. The second-order valence-electron chi connectivity index (χ2n) is 14.8. The van der Waals surface area contributed by atoms with Crippen LogP contribution in [-0.4, -0.2) is 66.8 Å². The number of piperazine rings is 1. The first-order valence-corrected chi connectivity index (χ1v) is 19.6. The molecule has 0 saturated carbocycles. The Morgan fingerprint density at radius 3 is 2.54 bits per heavy atom. The number of fused-ring (bicyclic) bond motifs is 1. The van der Waals surface area contributed by atoms with Crippen molar-refractivity contribution in [2.75, 3.05) is 37.6 Å². The number of ether oxygens (including phenoxy) is 1. The number of H-pyrrole nitrogens is 1. The van der Waals surface area contributed by atoms with Gasteiger partial charge in [0.2, 0.25) is 0 Å². The maximum Gasteiger partial charge on any atom is 0.270 e. The van der Waals surface area contributed by atoms with Crippen molar-refractivity contribution < 1.29 is 22.9 Å². The van der Waals surface area contributed by atoms with Crippen LogP contribution in [0.4, 0.5) is 11.4 Å². The number of nitrogens with zero attached hydrogens (tertiary/aromatic N) is 4. The number of nitro groups is 1. The number of allylic oxidation sites excluding steroid dienone is 1. The van der Waals surface area contributed by atoms with Gasteiger partial charge < -0.3 is 14.6 Å². The fraction of sp³-hybridized carbons (Fsp3) is 0.300. The number of nitrogens with one attached hydrogen (secondary N) is 2. The van der Waals surface area contributed by atoms with Gasteiger partial charge in [0.25, 0.3) is 21.6 Å². The Hall–Kier alpha value is -5.24. The van der Waals surface area contributed by atoms with E-state index in [2.05, 4.69) is 50.5 Å². The highest BCUT2D eigenvalue weighted by Gasteiger charge is 2.30. The topological polar surface area (TPSA) is 151 Å². The molecule has 1 saturated heterocycles. The number of hydrogen-bond acceptors (Lipinski definition) is 9. The molecule has 2 N–H and O–H groups in total. The first-order valence-electron chi connectivity index (χ1n) is 17.8. The van der Waals surface area contributed by atoms with Gasteiger partial charge in [-0.05, 0) is 90.8 Å². The Labute approximate surface area is 319 Å². The van der Waals surface area contributed by atoms with E-state index in [0.717, 1.165) is 61.1 Å². The van der Waals surface area contributed by atoms with Gasteiger partial charge in [0, 0.05) is 78.8 Å². The summed E-state index contributed by atoms with van der Waals surface area (Å²) >= 11 is 6.22. The summed E-state index contributed by atoms with van der Waals surface area (Å²) in [4.78, 5) is 35.8. The first-order chi connectivity index (χ1) is 25.7. The molecule has 0 radical (unpaired) electrons. The van der Waals surface area contributed by atoms with E-state index in [0.29, 0.717) is 30.0 Å². The lowest BCUT2D eigenvalue weighted by Crippen LogP contribution is -2.47. The lowest BCUT2D eigenvalue weighted by molar-refractivity contribution is -0.384. The van der Waals surface area contributed by atoms with Crippen molar-refractivity contribution in [3.63, 3.8) is 0 Å². The van der Waals surface area contributed by atoms with Gasteiger partial charge in [-0.2, -0.15) is 0 Å². The summed E-state index contributed by atoms with van der Waals surface area (Å²) in [5, 5.41) is 12.9. The molecule has 12 nitrogen and oxygen atoms in total. The Kier molecular flexibility index (Phi) is 10.2. The molecule has 14 heteroatoms. The zero-order valence-corrected chi connectivity index (χ0v) is 31.8. The highest BCUT2D eigenvalue weighted by Crippen LogP contribution is 2.43. The van der Waals surface area contributed by atoms with Crippen LogP contribution in [0.1, 0.15) is 54.6 Å². The standard InChI is InChI=1S/C40H41ClN6O6S/c1-26-18-30(20-33(19-26)47(49)50)39(48)44-54(51,52)37-9-8-32(22-36(37)53-34-21-28-11-13-42-38(28)43-24-34)46-16-14-45(15-17-46)25-29-10-12-40(2,3)23-35(29)27-4-6-31(41)7-5-27/h4-9,11,13,18-22,24H,10,12,14-17,23,25H2,1-3H3,(H,42,43)(H,44,48). The summed E-state index contributed by atoms with van der Waals surface area (Å²) in [6.07, 6.45) is 6.43. The third-order valence-electron chi connectivity index (χ3n) is 10.1. The third-order valence-corrected chi connectivity index (χ3v) is 11.7. The molecule has 5 aromatic rings. The average Bonchev–Trinajstić information content (AvgIpc) is 3.60. The van der Waals surface area contributed by atoms with Gasteiger partial charge >= 0.3 is 0 Å². The summed E-state index contributed by atoms with van der Waals surface area (Å²) in [7, 11) is -4.51. The van der Waals surface area contributed by atoms with Gasteiger partial charge in [0.15, 0.2) is 0 Å². The summed E-state index contributed by atoms with van der Waals surface area (Å²) in [6.45, 7) is 10.2. The van der Waals surface area contributed by atoms with Gasteiger partial charge in [-0.1, -0.05) is 43.2 Å². The van der Waals surface area contributed by atoms with Crippen LogP contribution < -0.4 is 14.4 Å². The largest absolute Gasteiger partial charge is 0.454 e. The lowest BCUT2D eigenvalue weighted by Gasteiger charge is -2.39. The molecule has 0 atom stereocenters. The summed E-state index contributed by atoms with van der Waals surface area (Å²) < 4.78 is 35.9. The van der Waals surface area contributed by atoms with Crippen molar-refractivity contribution in [1.29, 1.82) is 0 Å². The minimum atomic E-state index is -4.51. The van der Waals surface area contributed by atoms with Crippen LogP contribution in [0.3, 0.4) is 0 Å². The third kappa shape index (κ3) is 8.28. The number of rotatable bonds is 10. The number of sulfonamides is 1. The van der Waals surface area contributed by atoms with Crippen molar-refractivity contribution >= 4 is 55.5 Å². The maximum atomic E-state index is 13.8. The van der Waals surface area contributed by atoms with E-state index in [1.54, 1.807) is 31.3 Å². The molecule has 3 heterocycles. The molecule has 0 unspecified atom stereocenters. The normalized spacial score (nSPS) is 16.4. The smallest absolute Gasteiger partial charge is 0.270 e. The maximum absolute atomic E-state index is 13.8. The van der Waals surface area contributed by atoms with E-state index in [4.69, 9.17) is 16.3 Å². The SMILES string of the molecule is Cc1cc(C(=O)NS(=O)(=O)c2ccc(N3CCN(CC4=C(c5ccc(Cl)cc5)CC(C)(C)CC4)CC3)cc2Oc2cnc3[nH]ccc3c2)cc([N+](=O)[O-])c1. The van der Waals surface area contributed by atoms with E-state index in [1.807, 2.05) is 18.2 Å². The van der Waals surface area contributed by atoms with Gasteiger partial charge in [-0.3, -0.25) is 19.8 Å². The number of anilines is 1. The van der Waals surface area contributed by atoms with Crippen molar-refractivity contribution in [1.82, 2.24) is 19.6 Å². The van der Waals surface area contributed by atoms with E-state index < -0.39 is 20.9 Å². The number of carbonyl (C=O) groups is 1. The quantitative estimate of drug-likeness (QED) is 0.106. The zero-order chi connectivity index (χ0) is 38.2. The van der Waals surface area contributed by atoms with Crippen LogP contribution in [0, 0.1) is 22.5 Å². The molecule has 0 spiro atoms. The molecule has 54 heavy (non-hydrogen) atoms. The number of halogens is 1. The van der Waals surface area contributed by atoms with Crippen LogP contribution >= 0.6 is 11.6 Å². The molecule has 1 aliphatic heterocycles. The number of carbonyl (C=O) groups excluding carboxylic acids is 1. The average molecular weight is 769 g/mol. The molecule has 2 aliphatic rings. The molecule has 7 rings (SSSR count). The number of hydrogen-bond donors (Lipinski definition) is 2. The van der Waals surface area contributed by atoms with E-state index in [1.165, 1.54) is 41.1 Å². The fourth-order valence-corrected chi connectivity index (χ4v) is 8.44. The highest BCUT2D eigenvalue weighted by atomic mass is 35.5. The molecule has 0 bridgehead atoms. The van der Waals surface area contributed by atoms with Crippen molar-refractivity contribution in [3.8, 4) is 11.5 Å². The van der Waals surface area contributed by atoms with Crippen molar-refractivity contribution in [2.45, 2.75) is 44.9 Å². The molecule has 280 valence electrons. The van der Waals surface area contributed by atoms with Gasteiger partial charge in [0.05, 0.1) is 11.1 Å². The predicted molar refractivity (Wildman–Crippen MR) is 210 cm³/mol.